The smallest absolute Gasteiger partial charge is 0.244 e. The molecule has 0 bridgehead atoms. The molecule has 35 heavy (non-hydrogen) atoms. The van der Waals surface area contributed by atoms with Gasteiger partial charge in [-0.3, -0.25) is 0 Å². The average molecular weight is 503 g/mol. The van der Waals surface area contributed by atoms with Gasteiger partial charge in [-0.1, -0.05) is 48.9 Å². The third-order valence-electron chi connectivity index (χ3n) is 7.44. The van der Waals surface area contributed by atoms with Crippen molar-refractivity contribution in [2.24, 2.45) is 0 Å². The standard InChI is InChI=1S/C29H30N2O2S2/c1-3-21-13-15-23(16-14-21)35(32,33)31-19-25-24-10-4-5-12-27(24)34-29(25)30-17-7-11-26(30)28(31)22-9-6-8-20(2)18-22/h6-9,11,13-18,28H,3-5,10,12,19H2,1-2H3. The number of benzene rings is 2. The molecule has 0 saturated carbocycles. The minimum Gasteiger partial charge on any atom is -0.310 e. The third kappa shape index (κ3) is 3.79. The summed E-state index contributed by atoms with van der Waals surface area (Å²) in [6, 6.07) is 19.4. The highest BCUT2D eigenvalue weighted by Crippen LogP contribution is 2.45. The molecular formula is C29H30N2O2S2. The van der Waals surface area contributed by atoms with Crippen molar-refractivity contribution in [1.29, 1.82) is 0 Å². The Morgan fingerprint density at radius 2 is 1.77 bits per heavy atom. The van der Waals surface area contributed by atoms with Crippen molar-refractivity contribution in [1.82, 2.24) is 8.87 Å². The molecule has 3 heterocycles. The minimum atomic E-state index is -3.76. The fraction of sp³-hybridized carbons (Fsp3) is 0.310. The normalized spacial score (nSPS) is 17.9. The molecule has 0 spiro atoms. The maximum absolute atomic E-state index is 14.4. The molecule has 2 aromatic carbocycles. The van der Waals surface area contributed by atoms with E-state index in [2.05, 4.69) is 48.9 Å². The quantitative estimate of drug-likeness (QED) is 0.316. The summed E-state index contributed by atoms with van der Waals surface area (Å²) in [5.74, 6) is 0. The third-order valence-corrected chi connectivity index (χ3v) is 10.6. The molecule has 1 unspecified atom stereocenters. The topological polar surface area (TPSA) is 42.3 Å². The van der Waals surface area contributed by atoms with Crippen LogP contribution in [0.4, 0.5) is 0 Å². The van der Waals surface area contributed by atoms with E-state index in [0.29, 0.717) is 11.4 Å². The van der Waals surface area contributed by atoms with Crippen molar-refractivity contribution in [2.45, 2.75) is 63.4 Å². The van der Waals surface area contributed by atoms with Crippen LogP contribution in [0.15, 0.2) is 71.8 Å². The van der Waals surface area contributed by atoms with Crippen LogP contribution in [0.2, 0.25) is 0 Å². The molecule has 0 amide bonds. The molecule has 6 rings (SSSR count). The van der Waals surface area contributed by atoms with E-state index in [4.69, 9.17) is 0 Å². The van der Waals surface area contributed by atoms with E-state index in [1.807, 2.05) is 35.6 Å². The maximum atomic E-state index is 14.4. The van der Waals surface area contributed by atoms with Crippen molar-refractivity contribution in [2.75, 3.05) is 0 Å². The molecule has 0 radical (unpaired) electrons. The van der Waals surface area contributed by atoms with Crippen LogP contribution >= 0.6 is 11.3 Å². The zero-order valence-corrected chi connectivity index (χ0v) is 21.8. The molecule has 2 aromatic heterocycles. The molecular weight excluding hydrogens is 472 g/mol. The molecule has 6 heteroatoms. The molecule has 0 fully saturated rings. The Morgan fingerprint density at radius 3 is 2.54 bits per heavy atom. The number of nitrogens with zero attached hydrogens (tertiary/aromatic N) is 2. The first-order valence-corrected chi connectivity index (χ1v) is 14.7. The van der Waals surface area contributed by atoms with Gasteiger partial charge in [-0.2, -0.15) is 4.31 Å². The summed E-state index contributed by atoms with van der Waals surface area (Å²) in [5.41, 5.74) is 6.83. The van der Waals surface area contributed by atoms with Gasteiger partial charge >= 0.3 is 0 Å². The first-order valence-electron chi connectivity index (χ1n) is 12.5. The summed E-state index contributed by atoms with van der Waals surface area (Å²) in [7, 11) is -3.76. The number of aromatic nitrogens is 1. The summed E-state index contributed by atoms with van der Waals surface area (Å²) in [4.78, 5) is 1.79. The monoisotopic (exact) mass is 502 g/mol. The largest absolute Gasteiger partial charge is 0.310 e. The number of rotatable bonds is 4. The van der Waals surface area contributed by atoms with Gasteiger partial charge in [0.1, 0.15) is 5.00 Å². The molecule has 4 nitrogen and oxygen atoms in total. The van der Waals surface area contributed by atoms with E-state index >= 15 is 0 Å². The summed E-state index contributed by atoms with van der Waals surface area (Å²) >= 11 is 1.85. The van der Waals surface area contributed by atoms with Crippen LogP contribution < -0.4 is 0 Å². The number of aryl methyl sites for hydroxylation is 3. The Morgan fingerprint density at radius 1 is 0.971 bits per heavy atom. The van der Waals surface area contributed by atoms with Crippen molar-refractivity contribution >= 4 is 21.4 Å². The summed E-state index contributed by atoms with van der Waals surface area (Å²) in [5, 5.41) is 1.19. The zero-order valence-electron chi connectivity index (χ0n) is 20.2. The van der Waals surface area contributed by atoms with E-state index < -0.39 is 16.1 Å². The van der Waals surface area contributed by atoms with Gasteiger partial charge in [0.15, 0.2) is 0 Å². The predicted molar refractivity (Wildman–Crippen MR) is 142 cm³/mol. The van der Waals surface area contributed by atoms with Gasteiger partial charge in [-0.05, 0) is 80.0 Å². The zero-order chi connectivity index (χ0) is 24.2. The molecule has 180 valence electrons. The predicted octanol–water partition coefficient (Wildman–Crippen LogP) is 6.58. The summed E-state index contributed by atoms with van der Waals surface area (Å²) < 4.78 is 32.7. The fourth-order valence-electron chi connectivity index (χ4n) is 5.60. The van der Waals surface area contributed by atoms with Crippen LogP contribution in [0.1, 0.15) is 64.2 Å². The van der Waals surface area contributed by atoms with Crippen LogP contribution in [0.3, 0.4) is 0 Å². The fourth-order valence-corrected chi connectivity index (χ4v) is 8.57. The minimum absolute atomic E-state index is 0.359. The first-order chi connectivity index (χ1) is 17.0. The second-order valence-electron chi connectivity index (χ2n) is 9.66. The van der Waals surface area contributed by atoms with Crippen LogP contribution in [0.25, 0.3) is 5.00 Å². The molecule has 0 N–H and O–H groups in total. The number of fused-ring (bicyclic) bond motifs is 5. The lowest BCUT2D eigenvalue weighted by Gasteiger charge is -2.30. The number of thiophene rings is 1. The lowest BCUT2D eigenvalue weighted by molar-refractivity contribution is 0.352. The molecule has 0 saturated heterocycles. The van der Waals surface area contributed by atoms with Crippen molar-refractivity contribution in [3.63, 3.8) is 0 Å². The van der Waals surface area contributed by atoms with Crippen molar-refractivity contribution in [3.05, 3.63) is 105 Å². The lowest BCUT2D eigenvalue weighted by Crippen LogP contribution is -2.35. The maximum Gasteiger partial charge on any atom is 0.244 e. The van der Waals surface area contributed by atoms with Crippen LogP contribution in [-0.4, -0.2) is 17.3 Å². The SMILES string of the molecule is CCc1ccc(S(=O)(=O)N2Cc3c(sc4c3CCCC4)-n3cccc3C2c2cccc(C)c2)cc1. The number of hydrogen-bond donors (Lipinski definition) is 0. The molecule has 1 atom stereocenters. The van der Waals surface area contributed by atoms with Crippen LogP contribution in [0.5, 0.6) is 0 Å². The Hall–Kier alpha value is -2.67. The Balaban J connectivity index is 1.59. The van der Waals surface area contributed by atoms with Gasteiger partial charge in [0.05, 0.1) is 10.9 Å². The lowest BCUT2D eigenvalue weighted by atomic mass is 9.95. The van der Waals surface area contributed by atoms with E-state index in [1.54, 1.807) is 16.4 Å². The van der Waals surface area contributed by atoms with Gasteiger partial charge in [0.2, 0.25) is 10.0 Å². The second kappa shape index (κ2) is 8.77. The summed E-state index contributed by atoms with van der Waals surface area (Å²) in [6.07, 6.45) is 7.49. The highest BCUT2D eigenvalue weighted by Gasteiger charge is 2.40. The molecule has 1 aliphatic carbocycles. The average Bonchev–Trinajstić information content (AvgIpc) is 3.46. The van der Waals surface area contributed by atoms with Gasteiger partial charge in [-0.25, -0.2) is 8.42 Å². The van der Waals surface area contributed by atoms with Crippen LogP contribution in [0, 0.1) is 6.92 Å². The Kier molecular flexibility index (Phi) is 5.71. The van der Waals surface area contributed by atoms with Gasteiger partial charge in [-0.15, -0.1) is 11.3 Å². The van der Waals surface area contributed by atoms with Gasteiger partial charge < -0.3 is 4.57 Å². The molecule has 1 aliphatic heterocycles. The molecule has 2 aliphatic rings. The molecule has 4 aromatic rings. The van der Waals surface area contributed by atoms with E-state index in [9.17, 15) is 8.42 Å². The highest BCUT2D eigenvalue weighted by molar-refractivity contribution is 7.89. The van der Waals surface area contributed by atoms with Gasteiger partial charge in [0, 0.05) is 28.9 Å². The van der Waals surface area contributed by atoms with Crippen molar-refractivity contribution in [3.8, 4) is 5.00 Å². The first kappa shape index (κ1) is 22.8. The van der Waals surface area contributed by atoms with E-state index in [1.165, 1.54) is 33.8 Å². The van der Waals surface area contributed by atoms with Crippen LogP contribution in [-0.2, 0) is 35.8 Å². The number of sulfonamides is 1. The Bertz CT molecular complexity index is 1500. The number of hydrogen-bond acceptors (Lipinski definition) is 3. The summed E-state index contributed by atoms with van der Waals surface area (Å²) in [6.45, 7) is 4.54. The van der Waals surface area contributed by atoms with Gasteiger partial charge in [0.25, 0.3) is 0 Å². The van der Waals surface area contributed by atoms with Crippen molar-refractivity contribution < 1.29 is 8.42 Å². The second-order valence-corrected chi connectivity index (χ2v) is 12.6. The van der Waals surface area contributed by atoms with E-state index in [-0.39, 0.29) is 0 Å². The van der Waals surface area contributed by atoms with E-state index in [0.717, 1.165) is 41.6 Å². The highest BCUT2D eigenvalue weighted by atomic mass is 32.2. The Labute approximate surface area is 211 Å².